The molecule has 0 atom stereocenters. The molecule has 2 heterocycles. The van der Waals surface area contributed by atoms with Crippen LogP contribution in [0.15, 0.2) is 71.5 Å². The van der Waals surface area contributed by atoms with Gasteiger partial charge in [0, 0.05) is 42.8 Å². The van der Waals surface area contributed by atoms with Gasteiger partial charge < -0.3 is 9.80 Å². The van der Waals surface area contributed by atoms with Gasteiger partial charge in [0.2, 0.25) is 0 Å². The van der Waals surface area contributed by atoms with Gasteiger partial charge >= 0.3 is 0 Å². The Morgan fingerprint density at radius 3 is 2.21 bits per heavy atom. The lowest BCUT2D eigenvalue weighted by Crippen LogP contribution is -2.49. The molecule has 1 aliphatic heterocycles. The van der Waals surface area contributed by atoms with Crippen LogP contribution >= 0.6 is 11.6 Å². The molecule has 1 aliphatic rings. The number of carbonyl (C=O) groups excluding carboxylic acids is 1. The highest BCUT2D eigenvalue weighted by Crippen LogP contribution is 2.16. The summed E-state index contributed by atoms with van der Waals surface area (Å²) in [4.78, 5) is 28.8. The van der Waals surface area contributed by atoms with Crippen LogP contribution in [0.4, 0.5) is 5.82 Å². The first-order valence-corrected chi connectivity index (χ1v) is 9.45. The lowest BCUT2D eigenvalue weighted by Gasteiger charge is -2.35. The first-order valence-electron chi connectivity index (χ1n) is 9.07. The zero-order valence-corrected chi connectivity index (χ0v) is 15.9. The molecule has 1 aromatic heterocycles. The molecule has 1 saturated heterocycles. The average Bonchev–Trinajstić information content (AvgIpc) is 2.75. The maximum atomic E-state index is 12.6. The standard InChI is InChI=1S/C21H19ClN4O2/c22-17-6-8-18(9-7-17)26-20(27)11-10-19(23-26)24-12-14-25(15-13-24)21(28)16-4-2-1-3-5-16/h1-11H,12-15H2. The van der Waals surface area contributed by atoms with E-state index in [1.165, 1.54) is 10.7 Å². The lowest BCUT2D eigenvalue weighted by atomic mass is 10.2. The highest BCUT2D eigenvalue weighted by Gasteiger charge is 2.23. The molecular weight excluding hydrogens is 376 g/mol. The predicted molar refractivity (Wildman–Crippen MR) is 109 cm³/mol. The molecule has 1 fully saturated rings. The SMILES string of the molecule is O=C(c1ccccc1)N1CCN(c2ccc(=O)n(-c3ccc(Cl)cc3)n2)CC1. The molecule has 0 radical (unpaired) electrons. The van der Waals surface area contributed by atoms with E-state index >= 15 is 0 Å². The van der Waals surface area contributed by atoms with Gasteiger partial charge in [-0.3, -0.25) is 9.59 Å². The number of halogens is 1. The molecule has 7 heteroatoms. The van der Waals surface area contributed by atoms with E-state index in [4.69, 9.17) is 11.6 Å². The molecule has 3 aromatic rings. The largest absolute Gasteiger partial charge is 0.352 e. The maximum absolute atomic E-state index is 12.6. The van der Waals surface area contributed by atoms with E-state index in [-0.39, 0.29) is 11.5 Å². The van der Waals surface area contributed by atoms with Gasteiger partial charge in [0.05, 0.1) is 5.69 Å². The highest BCUT2D eigenvalue weighted by molar-refractivity contribution is 6.30. The van der Waals surface area contributed by atoms with Gasteiger partial charge in [-0.05, 0) is 42.5 Å². The minimum atomic E-state index is -0.205. The van der Waals surface area contributed by atoms with Crippen LogP contribution in [-0.4, -0.2) is 46.8 Å². The minimum Gasteiger partial charge on any atom is -0.352 e. The topological polar surface area (TPSA) is 58.4 Å². The third-order valence-corrected chi connectivity index (χ3v) is 5.02. The molecule has 0 saturated carbocycles. The summed E-state index contributed by atoms with van der Waals surface area (Å²) >= 11 is 5.93. The van der Waals surface area contributed by atoms with Crippen molar-refractivity contribution in [2.24, 2.45) is 0 Å². The highest BCUT2D eigenvalue weighted by atomic mass is 35.5. The molecule has 142 valence electrons. The third kappa shape index (κ3) is 3.77. The number of amides is 1. The molecule has 6 nitrogen and oxygen atoms in total. The van der Waals surface area contributed by atoms with Crippen molar-refractivity contribution in [3.05, 3.63) is 87.7 Å². The molecule has 4 rings (SSSR count). The zero-order chi connectivity index (χ0) is 19.5. The molecule has 0 unspecified atom stereocenters. The second-order valence-electron chi connectivity index (χ2n) is 6.56. The number of aromatic nitrogens is 2. The number of anilines is 1. The number of piperazine rings is 1. The summed E-state index contributed by atoms with van der Waals surface area (Å²) in [6.45, 7) is 2.53. The van der Waals surface area contributed by atoms with E-state index in [0.29, 0.717) is 48.3 Å². The molecule has 0 bridgehead atoms. The van der Waals surface area contributed by atoms with E-state index in [2.05, 4.69) is 10.00 Å². The van der Waals surface area contributed by atoms with Crippen molar-refractivity contribution in [3.63, 3.8) is 0 Å². The predicted octanol–water partition coefficient (Wildman–Crippen LogP) is 2.85. The van der Waals surface area contributed by atoms with Crippen LogP contribution in [0.25, 0.3) is 5.69 Å². The van der Waals surface area contributed by atoms with E-state index in [1.54, 1.807) is 30.3 Å². The number of carbonyl (C=O) groups is 1. The van der Waals surface area contributed by atoms with E-state index in [0.717, 1.165) is 0 Å². The van der Waals surface area contributed by atoms with Crippen LogP contribution in [0.3, 0.4) is 0 Å². The van der Waals surface area contributed by atoms with Gasteiger partial charge in [-0.2, -0.15) is 4.68 Å². The van der Waals surface area contributed by atoms with Crippen LogP contribution in [0.5, 0.6) is 0 Å². The molecule has 28 heavy (non-hydrogen) atoms. The van der Waals surface area contributed by atoms with Gasteiger partial charge in [-0.1, -0.05) is 29.8 Å². The van der Waals surface area contributed by atoms with E-state index < -0.39 is 0 Å². The van der Waals surface area contributed by atoms with Gasteiger partial charge in [-0.15, -0.1) is 5.10 Å². The molecule has 0 aliphatic carbocycles. The van der Waals surface area contributed by atoms with Gasteiger partial charge in [0.25, 0.3) is 11.5 Å². The van der Waals surface area contributed by atoms with Crippen LogP contribution in [0, 0.1) is 0 Å². The molecule has 0 N–H and O–H groups in total. The van der Waals surface area contributed by atoms with Gasteiger partial charge in [0.1, 0.15) is 5.82 Å². The second-order valence-corrected chi connectivity index (χ2v) is 7.00. The van der Waals surface area contributed by atoms with Crippen LogP contribution < -0.4 is 10.5 Å². The lowest BCUT2D eigenvalue weighted by molar-refractivity contribution is 0.0746. The molecule has 0 spiro atoms. The van der Waals surface area contributed by atoms with Crippen molar-refractivity contribution < 1.29 is 4.79 Å². The summed E-state index contributed by atoms with van der Waals surface area (Å²) in [6, 6.07) is 19.5. The Morgan fingerprint density at radius 2 is 1.54 bits per heavy atom. The Morgan fingerprint density at radius 1 is 0.857 bits per heavy atom. The zero-order valence-electron chi connectivity index (χ0n) is 15.2. The van der Waals surface area contributed by atoms with Crippen molar-refractivity contribution >= 4 is 23.3 Å². The van der Waals surface area contributed by atoms with Crippen LogP contribution in [0.1, 0.15) is 10.4 Å². The van der Waals surface area contributed by atoms with Gasteiger partial charge in [-0.25, -0.2) is 0 Å². The summed E-state index contributed by atoms with van der Waals surface area (Å²) in [6.07, 6.45) is 0. The van der Waals surface area contributed by atoms with Crippen molar-refractivity contribution in [2.45, 2.75) is 0 Å². The Bertz CT molecular complexity index is 1030. The monoisotopic (exact) mass is 394 g/mol. The number of hydrogen-bond donors (Lipinski definition) is 0. The molecule has 2 aromatic carbocycles. The fraction of sp³-hybridized carbons (Fsp3) is 0.190. The Hall–Kier alpha value is -3.12. The fourth-order valence-corrected chi connectivity index (χ4v) is 3.37. The Balaban J connectivity index is 1.49. The summed E-state index contributed by atoms with van der Waals surface area (Å²) in [5.41, 5.74) is 1.16. The fourth-order valence-electron chi connectivity index (χ4n) is 3.24. The maximum Gasteiger partial charge on any atom is 0.271 e. The average molecular weight is 395 g/mol. The Kier molecular flexibility index (Phi) is 5.12. The Labute approximate surface area is 167 Å². The van der Waals surface area contributed by atoms with Crippen LogP contribution in [0.2, 0.25) is 5.02 Å². The number of nitrogens with zero attached hydrogens (tertiary/aromatic N) is 4. The van der Waals surface area contributed by atoms with Crippen molar-refractivity contribution in [2.75, 3.05) is 31.1 Å². The van der Waals surface area contributed by atoms with E-state index in [1.807, 2.05) is 35.2 Å². The minimum absolute atomic E-state index is 0.0411. The summed E-state index contributed by atoms with van der Waals surface area (Å²) < 4.78 is 1.37. The van der Waals surface area contributed by atoms with Gasteiger partial charge in [0.15, 0.2) is 0 Å². The molecule has 1 amide bonds. The van der Waals surface area contributed by atoms with Crippen molar-refractivity contribution in [1.29, 1.82) is 0 Å². The summed E-state index contributed by atoms with van der Waals surface area (Å²) in [5.74, 6) is 0.751. The van der Waals surface area contributed by atoms with E-state index in [9.17, 15) is 9.59 Å². The second kappa shape index (κ2) is 7.86. The third-order valence-electron chi connectivity index (χ3n) is 4.77. The smallest absolute Gasteiger partial charge is 0.271 e. The van der Waals surface area contributed by atoms with Crippen LogP contribution in [-0.2, 0) is 0 Å². The summed E-state index contributed by atoms with van der Waals surface area (Å²) in [5, 5.41) is 5.11. The van der Waals surface area contributed by atoms with Crippen molar-refractivity contribution in [3.8, 4) is 5.69 Å². The summed E-state index contributed by atoms with van der Waals surface area (Å²) in [7, 11) is 0. The molecular formula is C21H19ClN4O2. The van der Waals surface area contributed by atoms with Crippen molar-refractivity contribution in [1.82, 2.24) is 14.7 Å². The first kappa shape index (κ1) is 18.3. The normalized spacial score (nSPS) is 14.2. The quantitative estimate of drug-likeness (QED) is 0.685. The number of benzene rings is 2. The first-order chi connectivity index (χ1) is 13.6. The number of hydrogen-bond acceptors (Lipinski definition) is 4. The number of rotatable bonds is 3.